The predicted molar refractivity (Wildman–Crippen MR) is 80.7 cm³/mol. The van der Waals surface area contributed by atoms with Gasteiger partial charge < -0.3 is 9.67 Å². The predicted octanol–water partition coefficient (Wildman–Crippen LogP) is 3.97. The van der Waals surface area contributed by atoms with Crippen LogP contribution in [0.2, 0.25) is 0 Å². The van der Waals surface area contributed by atoms with Gasteiger partial charge in [-0.25, -0.2) is 9.78 Å². The lowest BCUT2D eigenvalue weighted by Crippen LogP contribution is -2.10. The number of fused-ring (bicyclic) bond motifs is 1. The Kier molecular flexibility index (Phi) is 2.81. The van der Waals surface area contributed by atoms with Crippen molar-refractivity contribution in [1.82, 2.24) is 9.55 Å². The molecule has 1 heterocycles. The Labute approximate surface area is 123 Å². The lowest BCUT2D eigenvalue weighted by atomic mass is 10.1. The fourth-order valence-corrected chi connectivity index (χ4v) is 3.28. The number of benzene rings is 1. The van der Waals surface area contributed by atoms with E-state index in [1.54, 1.807) is 12.1 Å². The Hall–Kier alpha value is -1.84. The number of hydrogen-bond donors (Lipinski definition) is 1. The third-order valence-electron chi connectivity index (χ3n) is 4.72. The maximum Gasteiger partial charge on any atom is 0.335 e. The first-order chi connectivity index (χ1) is 10.1. The van der Waals surface area contributed by atoms with Crippen LogP contribution >= 0.6 is 0 Å². The lowest BCUT2D eigenvalue weighted by molar-refractivity contribution is 0.0697. The summed E-state index contributed by atoms with van der Waals surface area (Å²) >= 11 is 0. The number of imidazole rings is 1. The molecule has 2 aliphatic rings. The normalized spacial score (nSPS) is 19.9. The monoisotopic (exact) mass is 284 g/mol. The van der Waals surface area contributed by atoms with Gasteiger partial charge in [-0.2, -0.15) is 0 Å². The van der Waals surface area contributed by atoms with Gasteiger partial charge in [-0.1, -0.05) is 12.8 Å². The molecule has 0 aliphatic heterocycles. The molecule has 0 radical (unpaired) electrons. The van der Waals surface area contributed by atoms with Crippen LogP contribution < -0.4 is 0 Å². The van der Waals surface area contributed by atoms with Gasteiger partial charge in [0.1, 0.15) is 5.82 Å². The zero-order valence-corrected chi connectivity index (χ0v) is 12.2. The second-order valence-electron chi connectivity index (χ2n) is 6.65. The first-order valence-corrected chi connectivity index (χ1v) is 7.88. The van der Waals surface area contributed by atoms with Crippen molar-refractivity contribution in [2.24, 2.45) is 5.92 Å². The van der Waals surface area contributed by atoms with Crippen molar-refractivity contribution < 1.29 is 9.90 Å². The zero-order valence-electron chi connectivity index (χ0n) is 12.2. The van der Waals surface area contributed by atoms with Crippen LogP contribution in [-0.2, 0) is 0 Å². The maximum atomic E-state index is 11.2. The van der Waals surface area contributed by atoms with E-state index in [4.69, 9.17) is 4.98 Å². The summed E-state index contributed by atoms with van der Waals surface area (Å²) in [6.07, 6.45) is 6.30. The first kappa shape index (κ1) is 12.9. The highest BCUT2D eigenvalue weighted by Gasteiger charge is 2.32. The molecule has 0 amide bonds. The molecule has 1 aromatic carbocycles. The summed E-state index contributed by atoms with van der Waals surface area (Å²) in [6, 6.07) is 5.71. The van der Waals surface area contributed by atoms with Gasteiger partial charge in [0, 0.05) is 12.0 Å². The average Bonchev–Trinajstić information content (AvgIpc) is 3.36. The van der Waals surface area contributed by atoms with Gasteiger partial charge >= 0.3 is 5.97 Å². The van der Waals surface area contributed by atoms with Crippen LogP contribution in [0.3, 0.4) is 0 Å². The Morgan fingerprint density at radius 2 is 2.14 bits per heavy atom. The van der Waals surface area contributed by atoms with Crippen molar-refractivity contribution >= 4 is 17.0 Å². The van der Waals surface area contributed by atoms with E-state index in [1.807, 2.05) is 6.07 Å². The van der Waals surface area contributed by atoms with Gasteiger partial charge in [0.15, 0.2) is 0 Å². The number of hydrogen-bond acceptors (Lipinski definition) is 2. The molecule has 1 N–H and O–H groups in total. The van der Waals surface area contributed by atoms with Crippen LogP contribution in [0, 0.1) is 5.92 Å². The van der Waals surface area contributed by atoms with Crippen molar-refractivity contribution in [3.63, 3.8) is 0 Å². The summed E-state index contributed by atoms with van der Waals surface area (Å²) in [6.45, 7) is 2.25. The number of aromatic nitrogens is 2. The Morgan fingerprint density at radius 1 is 1.38 bits per heavy atom. The fourth-order valence-electron chi connectivity index (χ4n) is 3.28. The third kappa shape index (κ3) is 2.33. The van der Waals surface area contributed by atoms with Gasteiger partial charge in [-0.3, -0.25) is 0 Å². The number of carbonyl (C=O) groups is 1. The van der Waals surface area contributed by atoms with Crippen molar-refractivity contribution in [3.05, 3.63) is 29.6 Å². The highest BCUT2D eigenvalue weighted by Crippen LogP contribution is 2.44. The van der Waals surface area contributed by atoms with Crippen molar-refractivity contribution in [2.75, 3.05) is 0 Å². The molecule has 2 aromatic rings. The summed E-state index contributed by atoms with van der Waals surface area (Å²) in [5, 5.41) is 9.23. The van der Waals surface area contributed by atoms with E-state index in [0.717, 1.165) is 17.0 Å². The van der Waals surface area contributed by atoms with E-state index in [2.05, 4.69) is 11.5 Å². The van der Waals surface area contributed by atoms with E-state index in [1.165, 1.54) is 37.9 Å². The van der Waals surface area contributed by atoms with Crippen LogP contribution in [0.15, 0.2) is 18.2 Å². The van der Waals surface area contributed by atoms with Crippen LogP contribution in [-0.4, -0.2) is 20.6 Å². The summed E-state index contributed by atoms with van der Waals surface area (Å²) in [4.78, 5) is 16.0. The van der Waals surface area contributed by atoms with Crippen molar-refractivity contribution in [2.45, 2.75) is 51.0 Å². The molecule has 4 rings (SSSR count). The SMILES string of the molecule is CC(CC1CC1)n1c(C2CC2)nc2ccc(C(=O)O)cc21. The third-order valence-corrected chi connectivity index (χ3v) is 4.72. The molecular formula is C17H20N2O2. The molecule has 21 heavy (non-hydrogen) atoms. The molecule has 0 spiro atoms. The molecule has 2 fully saturated rings. The molecule has 0 saturated heterocycles. The molecule has 2 aliphatic carbocycles. The van der Waals surface area contributed by atoms with Gasteiger partial charge in [0.05, 0.1) is 16.6 Å². The Morgan fingerprint density at radius 3 is 2.76 bits per heavy atom. The number of aromatic carboxylic acids is 1. The van der Waals surface area contributed by atoms with Crippen molar-refractivity contribution in [3.8, 4) is 0 Å². The number of nitrogens with zero attached hydrogens (tertiary/aromatic N) is 2. The molecule has 4 heteroatoms. The molecule has 0 bridgehead atoms. The molecule has 1 atom stereocenters. The Bertz CT molecular complexity index is 711. The highest BCUT2D eigenvalue weighted by atomic mass is 16.4. The number of carboxylic acid groups (broad SMARTS) is 1. The average molecular weight is 284 g/mol. The van der Waals surface area contributed by atoms with E-state index < -0.39 is 5.97 Å². The second-order valence-corrected chi connectivity index (χ2v) is 6.65. The van der Waals surface area contributed by atoms with E-state index >= 15 is 0 Å². The van der Waals surface area contributed by atoms with Gasteiger partial charge in [-0.05, 0) is 50.3 Å². The minimum atomic E-state index is -0.868. The summed E-state index contributed by atoms with van der Waals surface area (Å²) < 4.78 is 2.32. The van der Waals surface area contributed by atoms with Crippen LogP contribution in [0.1, 0.15) is 67.2 Å². The maximum absolute atomic E-state index is 11.2. The minimum Gasteiger partial charge on any atom is -0.478 e. The topological polar surface area (TPSA) is 55.1 Å². The number of rotatable bonds is 5. The van der Waals surface area contributed by atoms with Gasteiger partial charge in [0.2, 0.25) is 0 Å². The van der Waals surface area contributed by atoms with E-state index in [-0.39, 0.29) is 0 Å². The van der Waals surface area contributed by atoms with Crippen LogP contribution in [0.25, 0.3) is 11.0 Å². The Balaban J connectivity index is 1.83. The smallest absolute Gasteiger partial charge is 0.335 e. The van der Waals surface area contributed by atoms with Gasteiger partial charge in [0.25, 0.3) is 0 Å². The lowest BCUT2D eigenvalue weighted by Gasteiger charge is -2.17. The summed E-state index contributed by atoms with van der Waals surface area (Å²) in [7, 11) is 0. The zero-order chi connectivity index (χ0) is 14.6. The second kappa shape index (κ2) is 4.58. The quantitative estimate of drug-likeness (QED) is 0.903. The van der Waals surface area contributed by atoms with E-state index in [9.17, 15) is 9.90 Å². The molecule has 110 valence electrons. The van der Waals surface area contributed by atoms with Crippen molar-refractivity contribution in [1.29, 1.82) is 0 Å². The van der Waals surface area contributed by atoms with Gasteiger partial charge in [-0.15, -0.1) is 0 Å². The largest absolute Gasteiger partial charge is 0.478 e. The molecule has 1 aromatic heterocycles. The summed E-state index contributed by atoms with van der Waals surface area (Å²) in [5.41, 5.74) is 2.28. The number of carboxylic acids is 1. The molecule has 1 unspecified atom stereocenters. The first-order valence-electron chi connectivity index (χ1n) is 7.88. The highest BCUT2D eigenvalue weighted by molar-refractivity contribution is 5.92. The standard InChI is InChI=1S/C17H20N2O2/c1-10(8-11-2-3-11)19-15-9-13(17(20)21)6-7-14(15)18-16(19)12-4-5-12/h6-7,9-12H,2-5,8H2,1H3,(H,20,21). The molecule has 2 saturated carbocycles. The summed E-state index contributed by atoms with van der Waals surface area (Å²) in [5.74, 6) is 1.73. The molecular weight excluding hydrogens is 264 g/mol. The van der Waals surface area contributed by atoms with E-state index in [0.29, 0.717) is 17.5 Å². The molecule has 4 nitrogen and oxygen atoms in total. The fraction of sp³-hybridized carbons (Fsp3) is 0.529. The minimum absolute atomic E-state index is 0.351. The van der Waals surface area contributed by atoms with Crippen LogP contribution in [0.4, 0.5) is 0 Å². The van der Waals surface area contributed by atoms with Crippen LogP contribution in [0.5, 0.6) is 0 Å².